The summed E-state index contributed by atoms with van der Waals surface area (Å²) >= 11 is 0. The lowest BCUT2D eigenvalue weighted by molar-refractivity contribution is -0.174. The van der Waals surface area contributed by atoms with Crippen LogP contribution in [0.15, 0.2) is 0 Å². The number of aromatic nitrogens is 3. The molecule has 3 aliphatic rings. The summed E-state index contributed by atoms with van der Waals surface area (Å²) in [6, 6.07) is -1.36. The standard InChI is InChI=1S/C30H42F6N8O5/c31-29(32,33)24(48)37-20-9-15-43(16-10-20)27-39-26(40-28(41-27)44-17-11-21(12-18-44)38-25(49)30(34,35)36)42-13-7-19(8-14-42)22(45)5-3-1-2-4-6-23(46)47/h19-21H,1-18H2,(H,37,48)(H,38,49)(H,46,47). The van der Waals surface area contributed by atoms with Crippen LogP contribution in [-0.4, -0.2) is 107 Å². The van der Waals surface area contributed by atoms with Crippen molar-refractivity contribution in [1.82, 2.24) is 25.6 Å². The number of rotatable bonds is 13. The number of carbonyl (C=O) groups is 4. The van der Waals surface area contributed by atoms with Crippen LogP contribution in [0.3, 0.4) is 0 Å². The van der Waals surface area contributed by atoms with Crippen LogP contribution in [0.1, 0.15) is 77.0 Å². The van der Waals surface area contributed by atoms with Gasteiger partial charge in [0.2, 0.25) is 17.8 Å². The van der Waals surface area contributed by atoms with E-state index in [1.807, 2.05) is 15.5 Å². The van der Waals surface area contributed by atoms with Crippen molar-refractivity contribution in [1.29, 1.82) is 0 Å². The van der Waals surface area contributed by atoms with Gasteiger partial charge in [-0.05, 0) is 51.4 Å². The molecule has 0 saturated carbocycles. The maximum absolute atomic E-state index is 12.9. The van der Waals surface area contributed by atoms with Gasteiger partial charge in [-0.3, -0.25) is 19.2 Å². The zero-order chi connectivity index (χ0) is 35.8. The number of alkyl halides is 6. The minimum Gasteiger partial charge on any atom is -0.481 e. The molecule has 4 rings (SSSR count). The van der Waals surface area contributed by atoms with Crippen LogP contribution in [0, 0.1) is 5.92 Å². The average molecular weight is 709 g/mol. The van der Waals surface area contributed by atoms with Crippen molar-refractivity contribution in [2.75, 3.05) is 54.0 Å². The molecule has 3 aliphatic heterocycles. The summed E-state index contributed by atoms with van der Waals surface area (Å²) in [6.45, 7) is 1.98. The quantitative estimate of drug-likeness (QED) is 0.204. The monoisotopic (exact) mass is 708 g/mol. The molecule has 3 N–H and O–H groups in total. The number of halogens is 6. The van der Waals surface area contributed by atoms with E-state index in [0.29, 0.717) is 51.1 Å². The molecule has 0 aromatic carbocycles. The highest BCUT2D eigenvalue weighted by Crippen LogP contribution is 2.28. The van der Waals surface area contributed by atoms with Crippen LogP contribution in [0.5, 0.6) is 0 Å². The number of hydrogen-bond donors (Lipinski definition) is 3. The number of Topliss-reactive ketones (excluding diaryl/α,β-unsaturated/α-hetero) is 1. The van der Waals surface area contributed by atoms with Crippen LogP contribution in [-0.2, 0) is 19.2 Å². The minimum atomic E-state index is -4.99. The Morgan fingerprint density at radius 3 is 1.29 bits per heavy atom. The van der Waals surface area contributed by atoms with Gasteiger partial charge >= 0.3 is 30.1 Å². The van der Waals surface area contributed by atoms with E-state index in [0.717, 1.165) is 12.8 Å². The Kier molecular flexibility index (Phi) is 12.9. The molecule has 0 bridgehead atoms. The number of carboxylic acid groups (broad SMARTS) is 1. The van der Waals surface area contributed by atoms with Crippen molar-refractivity contribution >= 4 is 41.4 Å². The minimum absolute atomic E-state index is 0.115. The fourth-order valence-electron chi connectivity index (χ4n) is 6.28. The number of ketones is 1. The van der Waals surface area contributed by atoms with Gasteiger partial charge in [-0.2, -0.15) is 41.3 Å². The summed E-state index contributed by atoms with van der Waals surface area (Å²) < 4.78 is 76.5. The van der Waals surface area contributed by atoms with Gasteiger partial charge in [0.25, 0.3) is 0 Å². The van der Waals surface area contributed by atoms with E-state index in [9.17, 15) is 45.5 Å². The van der Waals surface area contributed by atoms with E-state index >= 15 is 0 Å². The number of aliphatic carboxylic acids is 1. The molecule has 19 heteroatoms. The summed E-state index contributed by atoms with van der Waals surface area (Å²) in [4.78, 5) is 65.8. The Morgan fingerprint density at radius 2 is 0.939 bits per heavy atom. The molecule has 1 aromatic rings. The van der Waals surface area contributed by atoms with Crippen LogP contribution in [0.25, 0.3) is 0 Å². The van der Waals surface area contributed by atoms with E-state index in [-0.39, 0.29) is 81.9 Å². The highest BCUT2D eigenvalue weighted by molar-refractivity contribution is 5.82. The molecule has 0 spiro atoms. The summed E-state index contributed by atoms with van der Waals surface area (Å²) in [5.41, 5.74) is 0. The number of nitrogens with one attached hydrogen (secondary N) is 2. The molecule has 2 amide bonds. The maximum atomic E-state index is 12.9. The van der Waals surface area contributed by atoms with Crippen LogP contribution in [0.4, 0.5) is 44.2 Å². The third-order valence-electron chi connectivity index (χ3n) is 9.14. The van der Waals surface area contributed by atoms with Crippen molar-refractivity contribution in [2.24, 2.45) is 5.92 Å². The molecule has 0 radical (unpaired) electrons. The Balaban J connectivity index is 1.40. The van der Waals surface area contributed by atoms with Gasteiger partial charge in [0, 0.05) is 70.1 Å². The lowest BCUT2D eigenvalue weighted by Crippen LogP contribution is -2.49. The molecule has 0 atom stereocenters. The fraction of sp³-hybridized carbons (Fsp3) is 0.767. The first-order valence-corrected chi connectivity index (χ1v) is 16.6. The molecule has 274 valence electrons. The van der Waals surface area contributed by atoms with E-state index in [2.05, 4.69) is 15.0 Å². The number of anilines is 3. The number of piperidine rings is 3. The fourth-order valence-corrected chi connectivity index (χ4v) is 6.28. The maximum Gasteiger partial charge on any atom is 0.471 e. The molecule has 0 aliphatic carbocycles. The van der Waals surface area contributed by atoms with Gasteiger partial charge in [0.05, 0.1) is 0 Å². The van der Waals surface area contributed by atoms with Crippen LogP contribution < -0.4 is 25.3 Å². The third kappa shape index (κ3) is 11.3. The number of nitrogens with zero attached hydrogens (tertiary/aromatic N) is 6. The Hall–Kier alpha value is -3.93. The SMILES string of the molecule is O=C(O)CCCCCCC(=O)C1CCN(c2nc(N3CCC(NC(=O)C(F)(F)F)CC3)nc(N3CCC(NC(=O)C(F)(F)F)CC3)n2)CC1. The van der Waals surface area contributed by atoms with Gasteiger partial charge in [-0.25, -0.2) is 0 Å². The van der Waals surface area contributed by atoms with Crippen LogP contribution >= 0.6 is 0 Å². The van der Waals surface area contributed by atoms with Gasteiger partial charge < -0.3 is 30.4 Å². The molecule has 3 fully saturated rings. The largest absolute Gasteiger partial charge is 0.481 e. The molecule has 4 heterocycles. The molecule has 0 unspecified atom stereocenters. The van der Waals surface area contributed by atoms with Gasteiger partial charge in [-0.1, -0.05) is 12.8 Å². The van der Waals surface area contributed by atoms with E-state index in [1.54, 1.807) is 9.80 Å². The first-order valence-electron chi connectivity index (χ1n) is 16.6. The summed E-state index contributed by atoms with van der Waals surface area (Å²) in [5.74, 6) is -3.91. The topological polar surface area (TPSA) is 161 Å². The lowest BCUT2D eigenvalue weighted by Gasteiger charge is -2.36. The Bertz CT molecular complexity index is 1240. The second-order valence-corrected chi connectivity index (χ2v) is 12.7. The van der Waals surface area contributed by atoms with Crippen molar-refractivity contribution in [3.05, 3.63) is 0 Å². The van der Waals surface area contributed by atoms with Crippen molar-refractivity contribution in [2.45, 2.75) is 101 Å². The second kappa shape index (κ2) is 16.7. The Labute approximate surface area is 279 Å². The van der Waals surface area contributed by atoms with Crippen LogP contribution in [0.2, 0.25) is 0 Å². The number of unbranched alkanes of at least 4 members (excludes halogenated alkanes) is 3. The molecule has 49 heavy (non-hydrogen) atoms. The van der Waals surface area contributed by atoms with E-state index in [4.69, 9.17) is 5.11 Å². The van der Waals surface area contributed by atoms with Gasteiger partial charge in [0.1, 0.15) is 5.78 Å². The highest BCUT2D eigenvalue weighted by atomic mass is 19.4. The number of carboxylic acids is 1. The molecule has 1 aromatic heterocycles. The molecular formula is C30H42F6N8O5. The number of hydrogen-bond acceptors (Lipinski definition) is 10. The van der Waals surface area contributed by atoms with Gasteiger partial charge in [0.15, 0.2) is 0 Å². The summed E-state index contributed by atoms with van der Waals surface area (Å²) in [7, 11) is 0. The predicted molar refractivity (Wildman–Crippen MR) is 164 cm³/mol. The predicted octanol–water partition coefficient (Wildman–Crippen LogP) is 3.38. The Morgan fingerprint density at radius 1 is 0.592 bits per heavy atom. The third-order valence-corrected chi connectivity index (χ3v) is 9.14. The van der Waals surface area contributed by atoms with E-state index in [1.165, 1.54) is 0 Å². The zero-order valence-corrected chi connectivity index (χ0v) is 27.0. The molecule has 13 nitrogen and oxygen atoms in total. The molecular weight excluding hydrogens is 666 g/mol. The zero-order valence-electron chi connectivity index (χ0n) is 27.0. The highest BCUT2D eigenvalue weighted by Gasteiger charge is 2.41. The van der Waals surface area contributed by atoms with Crippen molar-refractivity contribution < 1.29 is 50.6 Å². The van der Waals surface area contributed by atoms with Crippen molar-refractivity contribution in [3.63, 3.8) is 0 Å². The van der Waals surface area contributed by atoms with Crippen molar-refractivity contribution in [3.8, 4) is 0 Å². The first-order chi connectivity index (χ1) is 23.1. The normalized spacial score (nSPS) is 18.8. The summed E-state index contributed by atoms with van der Waals surface area (Å²) in [6.07, 6.45) is -4.60. The smallest absolute Gasteiger partial charge is 0.471 e. The lowest BCUT2D eigenvalue weighted by atomic mass is 9.90. The second-order valence-electron chi connectivity index (χ2n) is 12.7. The number of carbonyl (C=O) groups excluding carboxylic acids is 3. The number of amides is 2. The summed E-state index contributed by atoms with van der Waals surface area (Å²) in [5, 5.41) is 12.8. The average Bonchev–Trinajstić information content (AvgIpc) is 3.05. The first kappa shape index (κ1) is 37.9. The van der Waals surface area contributed by atoms with Gasteiger partial charge in [-0.15, -0.1) is 0 Å². The molecule has 3 saturated heterocycles. The van der Waals surface area contributed by atoms with E-state index < -0.39 is 42.2 Å².